The van der Waals surface area contributed by atoms with Gasteiger partial charge >= 0.3 is 0 Å². The molecule has 1 aliphatic rings. The van der Waals surface area contributed by atoms with Crippen LogP contribution in [0.3, 0.4) is 0 Å². The Morgan fingerprint density at radius 1 is 1.53 bits per heavy atom. The van der Waals surface area contributed by atoms with Gasteiger partial charge in [0.2, 0.25) is 0 Å². The number of hydrogen-bond acceptors (Lipinski definition) is 3. The topological polar surface area (TPSA) is 58.1 Å². The molecule has 2 N–H and O–H groups in total. The van der Waals surface area contributed by atoms with Crippen LogP contribution in [0.5, 0.6) is 0 Å². The van der Waals surface area contributed by atoms with Crippen molar-refractivity contribution in [3.05, 3.63) is 29.0 Å². The van der Waals surface area contributed by atoms with Gasteiger partial charge in [-0.05, 0) is 12.1 Å². The second kappa shape index (κ2) is 2.95. The molecule has 0 saturated carbocycles. The maximum Gasteiger partial charge on any atom is 0.151 e. The number of rotatable bonds is 1. The maximum atomic E-state index is 10.0. The zero-order valence-corrected chi connectivity index (χ0v) is 8.58. The van der Waals surface area contributed by atoms with Crippen molar-refractivity contribution < 1.29 is 9.84 Å². The van der Waals surface area contributed by atoms with Crippen LogP contribution in [-0.2, 0) is 10.3 Å². The van der Waals surface area contributed by atoms with Crippen molar-refractivity contribution in [1.29, 1.82) is 0 Å². The first-order valence-corrected chi connectivity index (χ1v) is 5.01. The number of halogens is 1. The van der Waals surface area contributed by atoms with Crippen molar-refractivity contribution in [2.24, 2.45) is 0 Å². The van der Waals surface area contributed by atoms with Crippen LogP contribution in [0, 0.1) is 0 Å². The summed E-state index contributed by atoms with van der Waals surface area (Å²) in [5, 5.41) is 11.5. The summed E-state index contributed by atoms with van der Waals surface area (Å²) >= 11 is 6.01. The normalized spacial score (nSPS) is 19.1. The summed E-state index contributed by atoms with van der Waals surface area (Å²) in [5.74, 6) is 0. The Morgan fingerprint density at radius 2 is 2.33 bits per heavy atom. The molecular weight excluding hydrogens is 216 g/mol. The van der Waals surface area contributed by atoms with Crippen LogP contribution in [0.15, 0.2) is 18.3 Å². The number of pyridine rings is 1. The summed E-state index contributed by atoms with van der Waals surface area (Å²) in [4.78, 5) is 7.20. The van der Waals surface area contributed by atoms with E-state index in [0.29, 0.717) is 29.6 Å². The lowest BCUT2D eigenvalue weighted by Gasteiger charge is -2.35. The highest BCUT2D eigenvalue weighted by molar-refractivity contribution is 6.35. The number of aliphatic hydroxyl groups is 1. The molecule has 15 heavy (non-hydrogen) atoms. The monoisotopic (exact) mass is 224 g/mol. The maximum absolute atomic E-state index is 10.0. The van der Waals surface area contributed by atoms with E-state index in [4.69, 9.17) is 16.3 Å². The van der Waals surface area contributed by atoms with E-state index < -0.39 is 5.60 Å². The minimum atomic E-state index is -0.899. The smallest absolute Gasteiger partial charge is 0.151 e. The number of nitrogens with one attached hydrogen (secondary N) is 1. The fraction of sp³-hybridized carbons (Fsp3) is 0.300. The third kappa shape index (κ3) is 1.26. The van der Waals surface area contributed by atoms with Gasteiger partial charge in [-0.1, -0.05) is 11.6 Å². The SMILES string of the molecule is OC1(c2cc3c(Cl)ccnc3[nH]2)COC1. The first-order chi connectivity index (χ1) is 7.19. The number of hydrogen-bond donors (Lipinski definition) is 2. The minimum Gasteiger partial charge on any atom is -0.379 e. The molecule has 0 aromatic carbocycles. The molecule has 3 rings (SSSR count). The van der Waals surface area contributed by atoms with E-state index in [1.807, 2.05) is 6.07 Å². The Hall–Kier alpha value is -1.10. The van der Waals surface area contributed by atoms with Crippen LogP contribution >= 0.6 is 11.6 Å². The van der Waals surface area contributed by atoms with Crippen molar-refractivity contribution in [3.63, 3.8) is 0 Å². The fourth-order valence-electron chi connectivity index (χ4n) is 1.70. The molecule has 2 aromatic rings. The molecule has 1 aliphatic heterocycles. The molecule has 78 valence electrons. The highest BCUT2D eigenvalue weighted by Gasteiger charge is 2.39. The van der Waals surface area contributed by atoms with Gasteiger partial charge in [0.15, 0.2) is 5.60 Å². The lowest BCUT2D eigenvalue weighted by molar-refractivity contribution is -0.186. The van der Waals surface area contributed by atoms with Gasteiger partial charge in [-0.15, -0.1) is 0 Å². The van der Waals surface area contributed by atoms with Gasteiger partial charge < -0.3 is 14.8 Å². The Labute approximate surface area is 90.8 Å². The number of H-pyrrole nitrogens is 1. The molecule has 5 heteroatoms. The first-order valence-electron chi connectivity index (χ1n) is 4.63. The zero-order chi connectivity index (χ0) is 10.5. The van der Waals surface area contributed by atoms with Gasteiger partial charge in [0.25, 0.3) is 0 Å². The lowest BCUT2D eigenvalue weighted by Crippen LogP contribution is -2.46. The molecule has 0 atom stereocenters. The molecule has 0 bridgehead atoms. The van der Waals surface area contributed by atoms with E-state index in [0.717, 1.165) is 5.39 Å². The molecule has 0 spiro atoms. The second-order valence-electron chi connectivity index (χ2n) is 3.76. The van der Waals surface area contributed by atoms with Gasteiger partial charge in [0, 0.05) is 11.6 Å². The molecule has 0 amide bonds. The summed E-state index contributed by atoms with van der Waals surface area (Å²) in [6.07, 6.45) is 1.63. The van der Waals surface area contributed by atoms with Gasteiger partial charge in [-0.2, -0.15) is 0 Å². The van der Waals surface area contributed by atoms with Crippen LogP contribution in [-0.4, -0.2) is 28.3 Å². The summed E-state index contributed by atoms with van der Waals surface area (Å²) in [7, 11) is 0. The Morgan fingerprint density at radius 3 is 2.93 bits per heavy atom. The fourth-order valence-corrected chi connectivity index (χ4v) is 1.90. The van der Waals surface area contributed by atoms with Crippen LogP contribution in [0.2, 0.25) is 5.02 Å². The van der Waals surface area contributed by atoms with Crippen molar-refractivity contribution in [3.8, 4) is 0 Å². The van der Waals surface area contributed by atoms with E-state index in [1.54, 1.807) is 12.3 Å². The van der Waals surface area contributed by atoms with Crippen molar-refractivity contribution in [1.82, 2.24) is 9.97 Å². The van der Waals surface area contributed by atoms with Crippen LogP contribution < -0.4 is 0 Å². The molecule has 0 aliphatic carbocycles. The minimum absolute atomic E-state index is 0.317. The van der Waals surface area contributed by atoms with Gasteiger partial charge in [-0.3, -0.25) is 0 Å². The summed E-state index contributed by atoms with van der Waals surface area (Å²) in [5.41, 5.74) is 0.506. The predicted octanol–water partition coefficient (Wildman–Crippen LogP) is 1.43. The molecular formula is C10H9ClN2O2. The second-order valence-corrected chi connectivity index (χ2v) is 4.17. The van der Waals surface area contributed by atoms with Gasteiger partial charge in [-0.25, -0.2) is 4.98 Å². The molecule has 2 aromatic heterocycles. The zero-order valence-electron chi connectivity index (χ0n) is 7.83. The van der Waals surface area contributed by atoms with Crippen molar-refractivity contribution in [2.45, 2.75) is 5.60 Å². The van der Waals surface area contributed by atoms with E-state index in [9.17, 15) is 5.11 Å². The molecule has 1 fully saturated rings. The van der Waals surface area contributed by atoms with Crippen LogP contribution in [0.25, 0.3) is 11.0 Å². The molecule has 0 radical (unpaired) electrons. The Kier molecular flexibility index (Phi) is 1.80. The van der Waals surface area contributed by atoms with Crippen molar-refractivity contribution in [2.75, 3.05) is 13.2 Å². The average molecular weight is 225 g/mol. The number of aromatic nitrogens is 2. The van der Waals surface area contributed by atoms with E-state index in [1.165, 1.54) is 0 Å². The summed E-state index contributed by atoms with van der Waals surface area (Å²) < 4.78 is 5.00. The van der Waals surface area contributed by atoms with E-state index >= 15 is 0 Å². The van der Waals surface area contributed by atoms with Crippen LogP contribution in [0.4, 0.5) is 0 Å². The van der Waals surface area contributed by atoms with Crippen LogP contribution in [0.1, 0.15) is 5.69 Å². The molecule has 0 unspecified atom stereocenters. The predicted molar refractivity (Wildman–Crippen MR) is 55.8 cm³/mol. The van der Waals surface area contributed by atoms with Gasteiger partial charge in [0.1, 0.15) is 5.65 Å². The number of aromatic amines is 1. The highest BCUT2D eigenvalue weighted by atomic mass is 35.5. The number of fused-ring (bicyclic) bond motifs is 1. The lowest BCUT2D eigenvalue weighted by atomic mass is 9.98. The van der Waals surface area contributed by atoms with E-state index in [-0.39, 0.29) is 0 Å². The third-order valence-electron chi connectivity index (χ3n) is 2.66. The largest absolute Gasteiger partial charge is 0.379 e. The number of nitrogens with zero attached hydrogens (tertiary/aromatic N) is 1. The summed E-state index contributed by atoms with van der Waals surface area (Å²) in [6, 6.07) is 3.55. The highest BCUT2D eigenvalue weighted by Crippen LogP contribution is 2.32. The molecule has 4 nitrogen and oxygen atoms in total. The third-order valence-corrected chi connectivity index (χ3v) is 2.99. The van der Waals surface area contributed by atoms with E-state index in [2.05, 4.69) is 9.97 Å². The van der Waals surface area contributed by atoms with Crippen molar-refractivity contribution >= 4 is 22.6 Å². The standard InChI is InChI=1S/C10H9ClN2O2/c11-7-1-2-12-9-6(7)3-8(13-9)10(14)4-15-5-10/h1-3,14H,4-5H2,(H,12,13). The number of ether oxygens (including phenoxy) is 1. The molecule has 1 saturated heterocycles. The molecule has 3 heterocycles. The first kappa shape index (κ1) is 9.15. The summed E-state index contributed by atoms with van der Waals surface area (Å²) in [6.45, 7) is 0.634. The van der Waals surface area contributed by atoms with Gasteiger partial charge in [0.05, 0.1) is 23.9 Å². The average Bonchev–Trinajstić information content (AvgIpc) is 2.59. The quantitative estimate of drug-likeness (QED) is 0.771. The Balaban J connectivity index is 2.18. The Bertz CT molecular complexity index is 519.